The summed E-state index contributed by atoms with van der Waals surface area (Å²) in [6.07, 6.45) is 0. The number of aromatic nitrogens is 2. The molecule has 31 heavy (non-hydrogen) atoms. The van der Waals surface area contributed by atoms with Crippen LogP contribution in [0.5, 0.6) is 11.5 Å². The molecule has 0 aliphatic heterocycles. The van der Waals surface area contributed by atoms with Crippen LogP contribution < -0.4 is 15.6 Å². The van der Waals surface area contributed by atoms with Crippen LogP contribution in [0, 0.1) is 0 Å². The van der Waals surface area contributed by atoms with Gasteiger partial charge < -0.3 is 10.1 Å². The van der Waals surface area contributed by atoms with Crippen molar-refractivity contribution in [2.75, 3.05) is 7.05 Å². The van der Waals surface area contributed by atoms with Crippen molar-refractivity contribution in [1.82, 2.24) is 15.1 Å². The van der Waals surface area contributed by atoms with Crippen LogP contribution in [0.15, 0.2) is 89.7 Å². The van der Waals surface area contributed by atoms with E-state index in [1.165, 1.54) is 4.68 Å². The van der Waals surface area contributed by atoms with Gasteiger partial charge in [0.05, 0.1) is 0 Å². The predicted octanol–water partition coefficient (Wildman–Crippen LogP) is 4.27. The van der Waals surface area contributed by atoms with Crippen molar-refractivity contribution in [3.8, 4) is 33.9 Å². The first-order chi connectivity index (χ1) is 15.1. The highest BCUT2D eigenvalue weighted by Gasteiger charge is 2.17. The van der Waals surface area contributed by atoms with Gasteiger partial charge in [-0.3, -0.25) is 9.59 Å². The molecular formula is C25H21N3O3. The Morgan fingerprint density at radius 3 is 2.29 bits per heavy atom. The summed E-state index contributed by atoms with van der Waals surface area (Å²) < 4.78 is 7.41. The standard InChI is InChI=1S/C25H21N3O3/c1-26-25(30)18-14-12-17(13-15-18)21-16-23(29)28(2)27-24(21)20-10-6-7-11-22(20)31-19-8-4-3-5-9-19/h3-16H,1-2H3,(H,26,30). The Bertz CT molecular complexity index is 1280. The highest BCUT2D eigenvalue weighted by Crippen LogP contribution is 2.37. The minimum atomic E-state index is -0.226. The summed E-state index contributed by atoms with van der Waals surface area (Å²) in [7, 11) is 3.20. The third kappa shape index (κ3) is 4.23. The maximum Gasteiger partial charge on any atom is 0.267 e. The molecule has 0 saturated heterocycles. The van der Waals surface area contributed by atoms with Crippen LogP contribution in [0.4, 0.5) is 0 Å². The van der Waals surface area contributed by atoms with Gasteiger partial charge >= 0.3 is 0 Å². The number of benzene rings is 3. The average Bonchev–Trinajstić information content (AvgIpc) is 2.81. The number of rotatable bonds is 5. The molecule has 0 unspecified atom stereocenters. The Morgan fingerprint density at radius 2 is 1.58 bits per heavy atom. The molecule has 1 heterocycles. The van der Waals surface area contributed by atoms with Crippen molar-refractivity contribution in [1.29, 1.82) is 0 Å². The molecule has 0 atom stereocenters. The maximum atomic E-state index is 12.4. The molecule has 4 aromatic rings. The lowest BCUT2D eigenvalue weighted by atomic mass is 9.98. The maximum absolute atomic E-state index is 12.4. The average molecular weight is 411 g/mol. The van der Waals surface area contributed by atoms with E-state index in [9.17, 15) is 9.59 Å². The molecule has 4 rings (SSSR count). The molecule has 0 bridgehead atoms. The van der Waals surface area contributed by atoms with Crippen molar-refractivity contribution >= 4 is 5.91 Å². The third-order valence-corrected chi connectivity index (χ3v) is 4.89. The summed E-state index contributed by atoms with van der Waals surface area (Å²) in [6, 6.07) is 25.7. The minimum absolute atomic E-state index is 0.171. The van der Waals surface area contributed by atoms with Crippen LogP contribution in [0.1, 0.15) is 10.4 Å². The summed E-state index contributed by atoms with van der Waals surface area (Å²) in [5, 5.41) is 7.14. The number of nitrogens with one attached hydrogen (secondary N) is 1. The van der Waals surface area contributed by atoms with Gasteiger partial charge in [0, 0.05) is 36.9 Å². The fraction of sp³-hybridized carbons (Fsp3) is 0.0800. The van der Waals surface area contributed by atoms with Crippen LogP contribution in [-0.4, -0.2) is 22.7 Å². The van der Waals surface area contributed by atoms with E-state index in [4.69, 9.17) is 4.74 Å². The van der Waals surface area contributed by atoms with Crippen LogP contribution in [-0.2, 0) is 7.05 Å². The van der Waals surface area contributed by atoms with E-state index in [-0.39, 0.29) is 11.5 Å². The highest BCUT2D eigenvalue weighted by molar-refractivity contribution is 5.94. The summed E-state index contributed by atoms with van der Waals surface area (Å²) >= 11 is 0. The van der Waals surface area contributed by atoms with Crippen LogP contribution >= 0.6 is 0 Å². The monoisotopic (exact) mass is 411 g/mol. The first-order valence-electron chi connectivity index (χ1n) is 9.80. The smallest absolute Gasteiger partial charge is 0.267 e. The van der Waals surface area contributed by atoms with Gasteiger partial charge in [-0.15, -0.1) is 0 Å². The van der Waals surface area contributed by atoms with Crippen LogP contribution in [0.3, 0.4) is 0 Å². The van der Waals surface area contributed by atoms with E-state index in [2.05, 4.69) is 10.4 Å². The van der Waals surface area contributed by atoms with Gasteiger partial charge in [0.1, 0.15) is 17.2 Å². The Kier molecular flexibility index (Phi) is 5.62. The first kappa shape index (κ1) is 20.1. The molecule has 3 aromatic carbocycles. The molecular weight excluding hydrogens is 390 g/mol. The van der Waals surface area contributed by atoms with E-state index in [0.29, 0.717) is 28.3 Å². The second-order valence-corrected chi connectivity index (χ2v) is 6.94. The molecule has 0 saturated carbocycles. The summed E-state index contributed by atoms with van der Waals surface area (Å²) in [5.41, 5.74) is 3.12. The van der Waals surface area contributed by atoms with Gasteiger partial charge in [-0.05, 0) is 42.0 Å². The fourth-order valence-electron chi connectivity index (χ4n) is 3.27. The molecule has 0 fully saturated rings. The zero-order valence-electron chi connectivity index (χ0n) is 17.2. The number of nitrogens with zero attached hydrogens (tertiary/aromatic N) is 2. The highest BCUT2D eigenvalue weighted by atomic mass is 16.5. The summed E-state index contributed by atoms with van der Waals surface area (Å²) in [6.45, 7) is 0. The normalized spacial score (nSPS) is 10.5. The van der Waals surface area contributed by atoms with Gasteiger partial charge in [0.2, 0.25) is 0 Å². The summed E-state index contributed by atoms with van der Waals surface area (Å²) in [4.78, 5) is 24.3. The van der Waals surface area contributed by atoms with Gasteiger partial charge in [-0.2, -0.15) is 5.10 Å². The lowest BCUT2D eigenvalue weighted by Gasteiger charge is -2.15. The van der Waals surface area contributed by atoms with Gasteiger partial charge in [0.15, 0.2) is 0 Å². The largest absolute Gasteiger partial charge is 0.457 e. The molecule has 1 amide bonds. The predicted molar refractivity (Wildman–Crippen MR) is 120 cm³/mol. The Labute approximate surface area is 179 Å². The molecule has 0 aliphatic carbocycles. The Balaban J connectivity index is 1.84. The number of carbonyl (C=O) groups is 1. The van der Waals surface area contributed by atoms with Crippen molar-refractivity contribution in [3.63, 3.8) is 0 Å². The lowest BCUT2D eigenvalue weighted by Crippen LogP contribution is -2.20. The molecule has 0 radical (unpaired) electrons. The molecule has 1 N–H and O–H groups in total. The minimum Gasteiger partial charge on any atom is -0.457 e. The number of ether oxygens (including phenoxy) is 1. The third-order valence-electron chi connectivity index (χ3n) is 4.89. The van der Waals surface area contributed by atoms with Crippen molar-refractivity contribution in [3.05, 3.63) is 101 Å². The number of aryl methyl sites for hydroxylation is 1. The van der Waals surface area contributed by atoms with Crippen LogP contribution in [0.25, 0.3) is 22.4 Å². The summed E-state index contributed by atoms with van der Waals surface area (Å²) in [5.74, 6) is 1.16. The van der Waals surface area contributed by atoms with Crippen molar-refractivity contribution < 1.29 is 9.53 Å². The van der Waals surface area contributed by atoms with E-state index in [1.807, 2.05) is 66.7 Å². The Hall–Kier alpha value is -4.19. The zero-order chi connectivity index (χ0) is 21.8. The molecule has 154 valence electrons. The molecule has 0 aliphatic rings. The Morgan fingerprint density at radius 1 is 0.903 bits per heavy atom. The number of para-hydroxylation sites is 2. The first-order valence-corrected chi connectivity index (χ1v) is 9.80. The SMILES string of the molecule is CNC(=O)c1ccc(-c2cc(=O)n(C)nc2-c2ccccc2Oc2ccccc2)cc1. The topological polar surface area (TPSA) is 73.2 Å². The van der Waals surface area contributed by atoms with Crippen molar-refractivity contribution in [2.45, 2.75) is 0 Å². The molecule has 6 nitrogen and oxygen atoms in total. The number of hydrogen-bond donors (Lipinski definition) is 1. The van der Waals surface area contributed by atoms with E-state index < -0.39 is 0 Å². The number of carbonyl (C=O) groups excluding carboxylic acids is 1. The fourth-order valence-corrected chi connectivity index (χ4v) is 3.27. The molecule has 1 aromatic heterocycles. The molecule has 0 spiro atoms. The quantitative estimate of drug-likeness (QED) is 0.532. The molecule has 6 heteroatoms. The van der Waals surface area contributed by atoms with Gasteiger partial charge in [-0.25, -0.2) is 4.68 Å². The van der Waals surface area contributed by atoms with E-state index in [1.54, 1.807) is 32.3 Å². The van der Waals surface area contributed by atoms with E-state index in [0.717, 1.165) is 11.1 Å². The lowest BCUT2D eigenvalue weighted by molar-refractivity contribution is 0.0963. The van der Waals surface area contributed by atoms with Gasteiger partial charge in [0.25, 0.3) is 11.5 Å². The zero-order valence-corrected chi connectivity index (χ0v) is 17.2. The van der Waals surface area contributed by atoms with Crippen molar-refractivity contribution in [2.24, 2.45) is 7.05 Å². The second-order valence-electron chi connectivity index (χ2n) is 6.94. The number of hydrogen-bond acceptors (Lipinski definition) is 4. The number of amides is 1. The van der Waals surface area contributed by atoms with Crippen LogP contribution in [0.2, 0.25) is 0 Å². The second kappa shape index (κ2) is 8.67. The van der Waals surface area contributed by atoms with Gasteiger partial charge in [-0.1, -0.05) is 42.5 Å². The van der Waals surface area contributed by atoms with E-state index >= 15 is 0 Å².